The summed E-state index contributed by atoms with van der Waals surface area (Å²) in [6, 6.07) is 3.06. The van der Waals surface area contributed by atoms with E-state index in [1.165, 1.54) is 4.57 Å². The van der Waals surface area contributed by atoms with Gasteiger partial charge in [-0.1, -0.05) is 6.08 Å². The van der Waals surface area contributed by atoms with Gasteiger partial charge in [0.25, 0.3) is 5.91 Å². The molecule has 0 saturated carbocycles. The van der Waals surface area contributed by atoms with Gasteiger partial charge in [0.15, 0.2) is 0 Å². The highest BCUT2D eigenvalue weighted by atomic mass is 16.4. The average Bonchev–Trinajstić information content (AvgIpc) is 2.64. The number of nitrogens with one attached hydrogen (secondary N) is 1. The number of amides is 1. The maximum atomic E-state index is 11.7. The third kappa shape index (κ3) is 2.98. The molecule has 2 N–H and O–H groups in total. The third-order valence-electron chi connectivity index (χ3n) is 2.08. The summed E-state index contributed by atoms with van der Waals surface area (Å²) >= 11 is 0. The molecule has 1 amide bonds. The summed E-state index contributed by atoms with van der Waals surface area (Å²) in [5, 5.41) is 11.3. The van der Waals surface area contributed by atoms with Crippen LogP contribution < -0.4 is 5.32 Å². The van der Waals surface area contributed by atoms with Gasteiger partial charge in [0.05, 0.1) is 0 Å². The van der Waals surface area contributed by atoms with Gasteiger partial charge < -0.3 is 15.0 Å². The Kier molecular flexibility index (Phi) is 3.88. The minimum atomic E-state index is -0.984. The van der Waals surface area contributed by atoms with Crippen LogP contribution in [0.15, 0.2) is 31.0 Å². The summed E-state index contributed by atoms with van der Waals surface area (Å²) < 4.78 is 1.38. The molecule has 5 nitrogen and oxygen atoms in total. The van der Waals surface area contributed by atoms with Gasteiger partial charge in [0.2, 0.25) is 0 Å². The van der Waals surface area contributed by atoms with E-state index in [-0.39, 0.29) is 18.5 Å². The second kappa shape index (κ2) is 5.16. The Morgan fingerprint density at radius 3 is 2.94 bits per heavy atom. The van der Waals surface area contributed by atoms with Gasteiger partial charge in [-0.15, -0.1) is 6.58 Å². The Bertz CT molecular complexity index is 409. The minimum absolute atomic E-state index is 0.152. The lowest BCUT2D eigenvalue weighted by molar-refractivity contribution is -0.137. The Balaban J connectivity index is 2.79. The molecule has 16 heavy (non-hydrogen) atoms. The van der Waals surface area contributed by atoms with Crippen LogP contribution in [-0.4, -0.2) is 27.6 Å². The Morgan fingerprint density at radius 2 is 2.38 bits per heavy atom. The summed E-state index contributed by atoms with van der Waals surface area (Å²) in [5.41, 5.74) is 0.330. The van der Waals surface area contributed by atoms with E-state index in [0.29, 0.717) is 5.69 Å². The fourth-order valence-corrected chi connectivity index (χ4v) is 1.24. The molecule has 1 aromatic heterocycles. The number of aliphatic carboxylic acids is 1. The molecule has 1 aromatic rings. The molecule has 0 aliphatic carbocycles. The second-order valence-corrected chi connectivity index (χ2v) is 3.41. The second-order valence-electron chi connectivity index (χ2n) is 3.41. The van der Waals surface area contributed by atoms with Crippen LogP contribution in [-0.2, 0) is 11.3 Å². The molecule has 0 aromatic carbocycles. The zero-order valence-electron chi connectivity index (χ0n) is 9.01. The van der Waals surface area contributed by atoms with Crippen molar-refractivity contribution in [2.75, 3.05) is 0 Å². The number of aromatic nitrogens is 1. The van der Waals surface area contributed by atoms with Crippen molar-refractivity contribution in [2.45, 2.75) is 19.5 Å². The molecule has 0 spiro atoms. The van der Waals surface area contributed by atoms with Crippen LogP contribution in [0.2, 0.25) is 0 Å². The molecule has 86 valence electrons. The molecule has 0 fully saturated rings. The minimum Gasteiger partial charge on any atom is -0.480 e. The van der Waals surface area contributed by atoms with Gasteiger partial charge >= 0.3 is 5.97 Å². The Morgan fingerprint density at radius 1 is 1.69 bits per heavy atom. The van der Waals surface area contributed by atoms with E-state index in [2.05, 4.69) is 11.9 Å². The van der Waals surface area contributed by atoms with Crippen LogP contribution in [0.1, 0.15) is 17.4 Å². The molecule has 0 aliphatic heterocycles. The number of carbonyl (C=O) groups is 2. The van der Waals surface area contributed by atoms with Crippen LogP contribution in [0.5, 0.6) is 0 Å². The SMILES string of the molecule is C=CC(C)NC(=O)c1cccn1CC(=O)O. The molecule has 0 aliphatic rings. The summed E-state index contributed by atoms with van der Waals surface area (Å²) in [6.07, 6.45) is 3.16. The van der Waals surface area contributed by atoms with Crippen molar-refractivity contribution in [1.82, 2.24) is 9.88 Å². The molecule has 0 bridgehead atoms. The zero-order chi connectivity index (χ0) is 12.1. The largest absolute Gasteiger partial charge is 0.480 e. The lowest BCUT2D eigenvalue weighted by atomic mass is 10.3. The van der Waals surface area contributed by atoms with Crippen LogP contribution in [0.25, 0.3) is 0 Å². The third-order valence-corrected chi connectivity index (χ3v) is 2.08. The van der Waals surface area contributed by atoms with Crippen LogP contribution in [0.4, 0.5) is 0 Å². The van der Waals surface area contributed by atoms with Gasteiger partial charge in [-0.05, 0) is 19.1 Å². The van der Waals surface area contributed by atoms with E-state index in [4.69, 9.17) is 5.11 Å². The molecule has 0 saturated heterocycles. The van der Waals surface area contributed by atoms with Gasteiger partial charge in [0.1, 0.15) is 12.2 Å². The molecule has 1 unspecified atom stereocenters. The van der Waals surface area contributed by atoms with Gasteiger partial charge in [-0.2, -0.15) is 0 Å². The molecular weight excluding hydrogens is 208 g/mol. The summed E-state index contributed by atoms with van der Waals surface area (Å²) in [6.45, 7) is 5.11. The summed E-state index contributed by atoms with van der Waals surface area (Å²) in [7, 11) is 0. The first kappa shape index (κ1) is 12.0. The summed E-state index contributed by atoms with van der Waals surface area (Å²) in [4.78, 5) is 22.3. The smallest absolute Gasteiger partial charge is 0.323 e. The summed E-state index contributed by atoms with van der Waals surface area (Å²) in [5.74, 6) is -1.29. The molecular formula is C11H14N2O3. The van der Waals surface area contributed by atoms with E-state index in [1.54, 1.807) is 31.3 Å². The number of hydrogen-bond acceptors (Lipinski definition) is 2. The lowest BCUT2D eigenvalue weighted by Gasteiger charge is -2.10. The quantitative estimate of drug-likeness (QED) is 0.726. The lowest BCUT2D eigenvalue weighted by Crippen LogP contribution is -2.32. The zero-order valence-corrected chi connectivity index (χ0v) is 9.01. The number of nitrogens with zero attached hydrogens (tertiary/aromatic N) is 1. The first-order chi connectivity index (χ1) is 7.54. The van der Waals surface area contributed by atoms with Crippen molar-refractivity contribution in [3.05, 3.63) is 36.7 Å². The van der Waals surface area contributed by atoms with E-state index in [9.17, 15) is 9.59 Å². The van der Waals surface area contributed by atoms with Crippen LogP contribution in [0, 0.1) is 0 Å². The molecule has 1 heterocycles. The molecule has 5 heteroatoms. The van der Waals surface area contributed by atoms with Gasteiger partial charge in [-0.3, -0.25) is 9.59 Å². The first-order valence-corrected chi connectivity index (χ1v) is 4.85. The number of hydrogen-bond donors (Lipinski definition) is 2. The Labute approximate surface area is 93.4 Å². The normalized spacial score (nSPS) is 11.8. The highest BCUT2D eigenvalue weighted by Gasteiger charge is 2.13. The van der Waals surface area contributed by atoms with Crippen LogP contribution >= 0.6 is 0 Å². The van der Waals surface area contributed by atoms with E-state index < -0.39 is 5.97 Å². The number of carboxylic acids is 1. The Hall–Kier alpha value is -2.04. The fourth-order valence-electron chi connectivity index (χ4n) is 1.24. The van der Waals surface area contributed by atoms with Crippen molar-refractivity contribution in [3.8, 4) is 0 Å². The number of carbonyl (C=O) groups excluding carboxylic acids is 1. The number of rotatable bonds is 5. The average molecular weight is 222 g/mol. The van der Waals surface area contributed by atoms with E-state index in [0.717, 1.165) is 0 Å². The topological polar surface area (TPSA) is 71.3 Å². The van der Waals surface area contributed by atoms with Crippen molar-refractivity contribution in [1.29, 1.82) is 0 Å². The van der Waals surface area contributed by atoms with Crippen molar-refractivity contribution >= 4 is 11.9 Å². The molecule has 1 rings (SSSR count). The first-order valence-electron chi connectivity index (χ1n) is 4.85. The van der Waals surface area contributed by atoms with E-state index >= 15 is 0 Å². The van der Waals surface area contributed by atoms with E-state index in [1.807, 2.05) is 0 Å². The maximum Gasteiger partial charge on any atom is 0.323 e. The maximum absolute atomic E-state index is 11.7. The van der Waals surface area contributed by atoms with Gasteiger partial charge in [-0.25, -0.2) is 0 Å². The highest BCUT2D eigenvalue weighted by Crippen LogP contribution is 2.03. The van der Waals surface area contributed by atoms with Gasteiger partial charge in [0, 0.05) is 12.2 Å². The van der Waals surface area contributed by atoms with Crippen molar-refractivity contribution in [3.63, 3.8) is 0 Å². The molecule has 1 atom stereocenters. The molecule has 0 radical (unpaired) electrons. The fraction of sp³-hybridized carbons (Fsp3) is 0.273. The number of carboxylic acid groups (broad SMARTS) is 1. The van der Waals surface area contributed by atoms with Crippen LogP contribution in [0.3, 0.4) is 0 Å². The monoisotopic (exact) mass is 222 g/mol. The predicted molar refractivity (Wildman–Crippen MR) is 59.2 cm³/mol. The van der Waals surface area contributed by atoms with Crippen molar-refractivity contribution < 1.29 is 14.7 Å². The van der Waals surface area contributed by atoms with Crippen molar-refractivity contribution in [2.24, 2.45) is 0 Å². The predicted octanol–water partition coefficient (Wildman–Crippen LogP) is 0.877. The standard InChI is InChI=1S/C11H14N2O3/c1-3-8(2)12-11(16)9-5-4-6-13(9)7-10(14)15/h3-6,8H,1,7H2,2H3,(H,12,16)(H,14,15). The highest BCUT2D eigenvalue weighted by molar-refractivity contribution is 5.93.